The van der Waals surface area contributed by atoms with Crippen molar-refractivity contribution in [2.45, 2.75) is 31.7 Å². The predicted octanol–water partition coefficient (Wildman–Crippen LogP) is 5.52. The third-order valence-electron chi connectivity index (χ3n) is 6.27. The molecule has 0 bridgehead atoms. The molecule has 0 saturated carbocycles. The summed E-state index contributed by atoms with van der Waals surface area (Å²) in [5, 5.41) is 3.53. The van der Waals surface area contributed by atoms with Crippen molar-refractivity contribution < 1.29 is 14.2 Å². The van der Waals surface area contributed by atoms with Crippen LogP contribution >= 0.6 is 0 Å². The molecule has 2 N–H and O–H groups in total. The number of benzene rings is 1. The fourth-order valence-electron chi connectivity index (χ4n) is 4.52. The van der Waals surface area contributed by atoms with Crippen molar-refractivity contribution in [3.63, 3.8) is 0 Å². The number of imidazole rings is 1. The molecule has 0 amide bonds. The topological polar surface area (TPSA) is 68.4 Å². The summed E-state index contributed by atoms with van der Waals surface area (Å²) in [5.74, 6) is 2.82. The molecule has 2 atom stereocenters. The number of ether oxygens (including phenoxy) is 3. The number of aromatic nitrogens is 2. The number of hydrogen-bond acceptors (Lipinski definition) is 5. The second kappa shape index (κ2) is 10.6. The lowest BCUT2D eigenvalue weighted by Crippen LogP contribution is -2.20. The Labute approximate surface area is 201 Å². The van der Waals surface area contributed by atoms with E-state index in [2.05, 4.69) is 47.3 Å². The highest BCUT2D eigenvalue weighted by Gasteiger charge is 2.22. The maximum atomic E-state index is 5.64. The average Bonchev–Trinajstić information content (AvgIpc) is 3.47. The molecule has 1 fully saturated rings. The van der Waals surface area contributed by atoms with E-state index in [0.29, 0.717) is 29.7 Å². The number of fused-ring (bicyclic) bond motifs is 2. The molecular formula is C28H33N3O3. The van der Waals surface area contributed by atoms with Crippen LogP contribution in [-0.4, -0.2) is 43.9 Å². The van der Waals surface area contributed by atoms with E-state index >= 15 is 0 Å². The van der Waals surface area contributed by atoms with Crippen LogP contribution in [0.2, 0.25) is 0 Å². The Morgan fingerprint density at radius 2 is 1.97 bits per heavy atom. The van der Waals surface area contributed by atoms with Crippen LogP contribution in [0.5, 0.6) is 0 Å². The molecule has 1 aromatic carbocycles. The van der Waals surface area contributed by atoms with Gasteiger partial charge in [-0.3, -0.25) is 0 Å². The number of nitrogens with zero attached hydrogens (tertiary/aromatic N) is 1. The highest BCUT2D eigenvalue weighted by Crippen LogP contribution is 2.31. The molecule has 0 spiro atoms. The lowest BCUT2D eigenvalue weighted by Gasteiger charge is -2.15. The van der Waals surface area contributed by atoms with Crippen LogP contribution in [0, 0.1) is 0 Å². The smallest absolute Gasteiger partial charge is 0.198 e. The highest BCUT2D eigenvalue weighted by atomic mass is 16.5. The van der Waals surface area contributed by atoms with Crippen LogP contribution < -0.4 is 5.32 Å². The van der Waals surface area contributed by atoms with Gasteiger partial charge in [0.1, 0.15) is 11.6 Å². The van der Waals surface area contributed by atoms with Gasteiger partial charge in [-0.1, -0.05) is 61.6 Å². The first-order valence-electron chi connectivity index (χ1n) is 11.6. The summed E-state index contributed by atoms with van der Waals surface area (Å²) in [7, 11) is 4.85. The Bertz CT molecular complexity index is 1210. The Hall–Kier alpha value is -3.51. The fraction of sp³-hybridized carbons (Fsp3) is 0.321. The Morgan fingerprint density at radius 1 is 1.15 bits per heavy atom. The van der Waals surface area contributed by atoms with Crippen molar-refractivity contribution >= 4 is 16.6 Å². The molecular weight excluding hydrogens is 426 g/mol. The molecule has 0 radical (unpaired) electrons. The van der Waals surface area contributed by atoms with E-state index in [1.165, 1.54) is 5.57 Å². The SMILES string of the molecule is C=C(/C=C(OC)\C(OC)=C(/CC)OC)c1cccc2[nH]c(C3C=C/C=C\C4NCC/C4=C/3)nc12. The molecule has 2 heterocycles. The summed E-state index contributed by atoms with van der Waals surface area (Å²) in [5.41, 5.74) is 4.97. The molecule has 34 heavy (non-hydrogen) atoms. The largest absolute Gasteiger partial charge is 0.497 e. The normalized spacial score (nSPS) is 23.3. The molecule has 6 heteroatoms. The summed E-state index contributed by atoms with van der Waals surface area (Å²) in [6.45, 7) is 7.32. The van der Waals surface area contributed by atoms with Gasteiger partial charge in [0.2, 0.25) is 0 Å². The third-order valence-corrected chi connectivity index (χ3v) is 6.27. The third kappa shape index (κ3) is 4.73. The molecule has 1 saturated heterocycles. The summed E-state index contributed by atoms with van der Waals surface area (Å²) in [4.78, 5) is 8.54. The van der Waals surface area contributed by atoms with E-state index in [0.717, 1.165) is 41.0 Å². The molecule has 1 aliphatic carbocycles. The first-order valence-corrected chi connectivity index (χ1v) is 11.6. The molecule has 178 valence electrons. The van der Waals surface area contributed by atoms with E-state index in [1.807, 2.05) is 31.2 Å². The van der Waals surface area contributed by atoms with Gasteiger partial charge < -0.3 is 24.5 Å². The van der Waals surface area contributed by atoms with E-state index < -0.39 is 0 Å². The maximum absolute atomic E-state index is 5.64. The Balaban J connectivity index is 1.72. The van der Waals surface area contributed by atoms with Crippen LogP contribution in [0.4, 0.5) is 0 Å². The molecule has 1 aromatic heterocycles. The molecule has 6 nitrogen and oxygen atoms in total. The van der Waals surface area contributed by atoms with Gasteiger partial charge in [-0.2, -0.15) is 0 Å². The fourth-order valence-corrected chi connectivity index (χ4v) is 4.52. The van der Waals surface area contributed by atoms with E-state index in [9.17, 15) is 0 Å². The standard InChI is InChI=1S/C28H33N3O3/c1-6-24(32-3)27(34-5)25(33-4)16-18(2)21-11-9-13-23-26(21)31-28(30-23)20-10-7-8-12-22-19(17-20)14-15-29-22/h7-13,16-17,20,22,29H,2,6,14-15H2,1,3-5H3,(H,30,31)/b10-7?,12-8-,19-17-,25-16+,27-24-. The number of aromatic amines is 1. The number of hydrogen-bond donors (Lipinski definition) is 2. The van der Waals surface area contributed by atoms with Gasteiger partial charge in [-0.25, -0.2) is 4.98 Å². The average molecular weight is 460 g/mol. The molecule has 2 unspecified atom stereocenters. The first kappa shape index (κ1) is 23.6. The van der Waals surface area contributed by atoms with Crippen LogP contribution in [0.25, 0.3) is 16.6 Å². The minimum atomic E-state index is 0.0813. The first-order chi connectivity index (χ1) is 16.6. The zero-order chi connectivity index (χ0) is 24.1. The van der Waals surface area contributed by atoms with Crippen LogP contribution in [0.3, 0.4) is 0 Å². The van der Waals surface area contributed by atoms with Gasteiger partial charge >= 0.3 is 0 Å². The Kier molecular flexibility index (Phi) is 7.38. The summed E-state index contributed by atoms with van der Waals surface area (Å²) < 4.78 is 16.7. The highest BCUT2D eigenvalue weighted by molar-refractivity contribution is 5.91. The van der Waals surface area contributed by atoms with E-state index in [1.54, 1.807) is 21.3 Å². The number of allylic oxidation sites excluding steroid dienone is 7. The van der Waals surface area contributed by atoms with Crippen molar-refractivity contribution in [3.05, 3.63) is 95.5 Å². The van der Waals surface area contributed by atoms with Crippen LogP contribution in [-0.2, 0) is 14.2 Å². The molecule has 4 rings (SSSR count). The van der Waals surface area contributed by atoms with Gasteiger partial charge in [-0.05, 0) is 30.7 Å². The second-order valence-corrected chi connectivity index (χ2v) is 8.29. The van der Waals surface area contributed by atoms with Crippen LogP contribution in [0.15, 0.2) is 84.1 Å². The Morgan fingerprint density at radius 3 is 2.71 bits per heavy atom. The van der Waals surface area contributed by atoms with E-state index in [4.69, 9.17) is 19.2 Å². The summed E-state index contributed by atoms with van der Waals surface area (Å²) in [6.07, 6.45) is 14.5. The van der Waals surface area contributed by atoms with Gasteiger partial charge in [0, 0.05) is 18.0 Å². The number of methoxy groups -OCH3 is 3. The molecule has 1 aliphatic heterocycles. The lowest BCUT2D eigenvalue weighted by molar-refractivity contribution is 0.181. The van der Waals surface area contributed by atoms with Crippen molar-refractivity contribution in [1.82, 2.24) is 15.3 Å². The van der Waals surface area contributed by atoms with Gasteiger partial charge in [0.05, 0.1) is 38.3 Å². The molecule has 2 aliphatic rings. The van der Waals surface area contributed by atoms with Crippen molar-refractivity contribution in [2.24, 2.45) is 0 Å². The van der Waals surface area contributed by atoms with Gasteiger partial charge in [-0.15, -0.1) is 0 Å². The molecule has 2 aromatic rings. The monoisotopic (exact) mass is 459 g/mol. The second-order valence-electron chi connectivity index (χ2n) is 8.29. The number of H-pyrrole nitrogens is 1. The van der Waals surface area contributed by atoms with Crippen molar-refractivity contribution in [1.29, 1.82) is 0 Å². The van der Waals surface area contributed by atoms with Gasteiger partial charge in [0.25, 0.3) is 0 Å². The van der Waals surface area contributed by atoms with Crippen molar-refractivity contribution in [2.75, 3.05) is 27.9 Å². The number of nitrogens with one attached hydrogen (secondary N) is 2. The van der Waals surface area contributed by atoms with Gasteiger partial charge in [0.15, 0.2) is 11.5 Å². The lowest BCUT2D eigenvalue weighted by atomic mass is 9.97. The van der Waals surface area contributed by atoms with E-state index in [-0.39, 0.29) is 5.92 Å². The number of para-hydroxylation sites is 1. The quantitative estimate of drug-likeness (QED) is 0.309. The maximum Gasteiger partial charge on any atom is 0.198 e. The minimum Gasteiger partial charge on any atom is -0.497 e. The summed E-state index contributed by atoms with van der Waals surface area (Å²) in [6, 6.07) is 6.40. The predicted molar refractivity (Wildman–Crippen MR) is 137 cm³/mol. The van der Waals surface area contributed by atoms with Crippen LogP contribution in [0.1, 0.15) is 37.1 Å². The summed E-state index contributed by atoms with van der Waals surface area (Å²) >= 11 is 0. The zero-order valence-electron chi connectivity index (χ0n) is 20.4. The zero-order valence-corrected chi connectivity index (χ0v) is 20.4. The van der Waals surface area contributed by atoms with Crippen molar-refractivity contribution in [3.8, 4) is 0 Å². The number of rotatable bonds is 8. The minimum absolute atomic E-state index is 0.0813.